The first-order valence-electron chi connectivity index (χ1n) is 9.81. The standard InChI is InChI=1S/C21H23F3N4O2/c1-13-9-16(11-25-20(13)28-7-5-14(6-8-28)21(22,23)24)26-15-3-4-17-18(10-15)30-12-19(29)27(17)2/h3-4,9-11,14,26H,5-8,12H2,1-2H3. The van der Waals surface area contributed by atoms with Crippen LogP contribution in [-0.2, 0) is 4.79 Å². The van der Waals surface area contributed by atoms with Gasteiger partial charge in [0.25, 0.3) is 5.91 Å². The summed E-state index contributed by atoms with van der Waals surface area (Å²) < 4.78 is 44.2. The van der Waals surface area contributed by atoms with E-state index >= 15 is 0 Å². The van der Waals surface area contributed by atoms with Gasteiger partial charge in [-0.25, -0.2) is 4.98 Å². The number of halogens is 3. The molecule has 1 N–H and O–H groups in total. The van der Waals surface area contributed by atoms with Crippen molar-refractivity contribution in [3.05, 3.63) is 36.0 Å². The molecule has 0 aliphatic carbocycles. The molecule has 1 fully saturated rings. The first-order valence-corrected chi connectivity index (χ1v) is 9.81. The lowest BCUT2D eigenvalue weighted by Crippen LogP contribution is -2.39. The van der Waals surface area contributed by atoms with Crippen molar-refractivity contribution in [2.45, 2.75) is 25.9 Å². The Kier molecular flexibility index (Phi) is 5.21. The molecule has 9 heteroatoms. The number of amides is 1. The molecule has 4 rings (SSSR count). The number of nitrogens with one attached hydrogen (secondary N) is 1. The molecule has 1 aromatic heterocycles. The minimum atomic E-state index is -4.12. The summed E-state index contributed by atoms with van der Waals surface area (Å²) in [6.45, 7) is 2.60. The van der Waals surface area contributed by atoms with E-state index in [0.29, 0.717) is 24.5 Å². The maximum atomic E-state index is 12.9. The minimum Gasteiger partial charge on any atom is -0.481 e. The predicted molar refractivity (Wildman–Crippen MR) is 109 cm³/mol. The molecular weight excluding hydrogens is 397 g/mol. The van der Waals surface area contributed by atoms with Crippen molar-refractivity contribution in [2.75, 3.05) is 41.9 Å². The molecule has 1 amide bonds. The van der Waals surface area contributed by atoms with Gasteiger partial charge in [-0.05, 0) is 43.5 Å². The lowest BCUT2D eigenvalue weighted by Gasteiger charge is -2.34. The van der Waals surface area contributed by atoms with Crippen LogP contribution < -0.4 is 19.9 Å². The molecule has 0 atom stereocenters. The van der Waals surface area contributed by atoms with E-state index in [2.05, 4.69) is 10.3 Å². The first kappa shape index (κ1) is 20.3. The second-order valence-electron chi connectivity index (χ2n) is 7.72. The van der Waals surface area contributed by atoms with Gasteiger partial charge in [-0.3, -0.25) is 4.79 Å². The number of alkyl halides is 3. The lowest BCUT2D eigenvalue weighted by molar-refractivity contribution is -0.179. The largest absolute Gasteiger partial charge is 0.481 e. The Balaban J connectivity index is 1.45. The number of ether oxygens (including phenoxy) is 1. The normalized spacial score (nSPS) is 17.6. The van der Waals surface area contributed by atoms with Crippen molar-refractivity contribution < 1.29 is 22.7 Å². The Hall–Kier alpha value is -2.97. The number of aromatic nitrogens is 1. The van der Waals surface area contributed by atoms with Crippen molar-refractivity contribution in [1.29, 1.82) is 0 Å². The van der Waals surface area contributed by atoms with Crippen LogP contribution in [0.15, 0.2) is 30.5 Å². The molecule has 0 saturated carbocycles. The van der Waals surface area contributed by atoms with Crippen LogP contribution in [0.1, 0.15) is 18.4 Å². The van der Waals surface area contributed by atoms with Crippen molar-refractivity contribution in [3.63, 3.8) is 0 Å². The van der Waals surface area contributed by atoms with Gasteiger partial charge >= 0.3 is 6.18 Å². The predicted octanol–water partition coefficient (Wildman–Crippen LogP) is 4.27. The third kappa shape index (κ3) is 4.01. The van der Waals surface area contributed by atoms with E-state index in [1.807, 2.05) is 36.1 Å². The summed E-state index contributed by atoms with van der Waals surface area (Å²) in [4.78, 5) is 19.7. The number of piperidine rings is 1. The summed E-state index contributed by atoms with van der Waals surface area (Å²) in [5, 5.41) is 3.26. The van der Waals surface area contributed by atoms with Crippen molar-refractivity contribution in [3.8, 4) is 5.75 Å². The molecule has 0 unspecified atom stereocenters. The zero-order valence-corrected chi connectivity index (χ0v) is 16.8. The van der Waals surface area contributed by atoms with E-state index in [9.17, 15) is 18.0 Å². The highest BCUT2D eigenvalue weighted by Gasteiger charge is 2.41. The molecule has 2 aromatic rings. The number of carbonyl (C=O) groups excluding carboxylic acids is 1. The summed E-state index contributed by atoms with van der Waals surface area (Å²) in [7, 11) is 1.71. The zero-order chi connectivity index (χ0) is 21.5. The van der Waals surface area contributed by atoms with Gasteiger partial charge < -0.3 is 19.9 Å². The van der Waals surface area contributed by atoms with Crippen LogP contribution in [-0.4, -0.2) is 43.8 Å². The maximum absolute atomic E-state index is 12.9. The number of anilines is 4. The molecule has 0 radical (unpaired) electrons. The van der Waals surface area contributed by atoms with Crippen molar-refractivity contribution in [1.82, 2.24) is 4.98 Å². The quantitative estimate of drug-likeness (QED) is 0.804. The molecule has 30 heavy (non-hydrogen) atoms. The number of rotatable bonds is 3. The third-order valence-electron chi connectivity index (χ3n) is 5.64. The fourth-order valence-electron chi connectivity index (χ4n) is 3.91. The van der Waals surface area contributed by atoms with E-state index in [-0.39, 0.29) is 25.4 Å². The van der Waals surface area contributed by atoms with E-state index in [1.54, 1.807) is 18.1 Å². The van der Waals surface area contributed by atoms with Gasteiger partial charge in [0.15, 0.2) is 6.61 Å². The number of fused-ring (bicyclic) bond motifs is 1. The SMILES string of the molecule is Cc1cc(Nc2ccc3c(c2)OCC(=O)N3C)cnc1N1CCC(C(F)(F)F)CC1. The number of aryl methyl sites for hydroxylation is 1. The molecule has 160 valence electrons. The number of pyridine rings is 1. The second-order valence-corrected chi connectivity index (χ2v) is 7.72. The van der Waals surface area contributed by atoms with E-state index in [1.165, 1.54) is 0 Å². The molecule has 2 aliphatic heterocycles. The summed E-state index contributed by atoms with van der Waals surface area (Å²) in [5.74, 6) is 0.0134. The van der Waals surface area contributed by atoms with Crippen LogP contribution in [0.5, 0.6) is 5.75 Å². The number of hydrogen-bond donors (Lipinski definition) is 1. The van der Waals surface area contributed by atoms with Crippen LogP contribution in [0.2, 0.25) is 0 Å². The summed E-state index contributed by atoms with van der Waals surface area (Å²) in [6, 6.07) is 7.41. The van der Waals surface area contributed by atoms with Gasteiger partial charge in [-0.15, -0.1) is 0 Å². The van der Waals surface area contributed by atoms with Gasteiger partial charge in [-0.2, -0.15) is 13.2 Å². The van der Waals surface area contributed by atoms with Crippen LogP contribution in [0, 0.1) is 12.8 Å². The number of nitrogens with zero attached hydrogens (tertiary/aromatic N) is 3. The fourth-order valence-corrected chi connectivity index (χ4v) is 3.91. The molecule has 2 aliphatic rings. The third-order valence-corrected chi connectivity index (χ3v) is 5.64. The fraction of sp³-hybridized carbons (Fsp3) is 0.429. The molecular formula is C21H23F3N4O2. The number of hydrogen-bond acceptors (Lipinski definition) is 5. The zero-order valence-electron chi connectivity index (χ0n) is 16.8. The average Bonchev–Trinajstić information content (AvgIpc) is 2.70. The molecule has 1 saturated heterocycles. The smallest absolute Gasteiger partial charge is 0.391 e. The summed E-state index contributed by atoms with van der Waals surface area (Å²) in [5.41, 5.74) is 3.16. The Morgan fingerprint density at radius 3 is 2.57 bits per heavy atom. The molecule has 0 bridgehead atoms. The number of benzene rings is 1. The average molecular weight is 420 g/mol. The topological polar surface area (TPSA) is 57.7 Å². The lowest BCUT2D eigenvalue weighted by atomic mass is 9.96. The van der Waals surface area contributed by atoms with E-state index in [0.717, 1.165) is 22.8 Å². The van der Waals surface area contributed by atoms with Gasteiger partial charge in [0.05, 0.1) is 23.5 Å². The molecule has 1 aromatic carbocycles. The Morgan fingerprint density at radius 1 is 1.17 bits per heavy atom. The highest BCUT2D eigenvalue weighted by atomic mass is 19.4. The Labute approximate surface area is 172 Å². The molecule has 3 heterocycles. The van der Waals surface area contributed by atoms with Gasteiger partial charge in [0.2, 0.25) is 0 Å². The highest BCUT2D eigenvalue weighted by molar-refractivity contribution is 5.97. The van der Waals surface area contributed by atoms with E-state index < -0.39 is 12.1 Å². The van der Waals surface area contributed by atoms with E-state index in [4.69, 9.17) is 4.74 Å². The minimum absolute atomic E-state index is 0.00729. The summed E-state index contributed by atoms with van der Waals surface area (Å²) in [6.07, 6.45) is -2.26. The first-order chi connectivity index (χ1) is 14.2. The number of carbonyl (C=O) groups is 1. The monoisotopic (exact) mass is 420 g/mol. The van der Waals surface area contributed by atoms with Crippen LogP contribution in [0.3, 0.4) is 0 Å². The molecule has 0 spiro atoms. The molecule has 6 nitrogen and oxygen atoms in total. The van der Waals surface area contributed by atoms with Crippen molar-refractivity contribution >= 4 is 28.8 Å². The Bertz CT molecular complexity index is 956. The summed E-state index contributed by atoms with van der Waals surface area (Å²) >= 11 is 0. The Morgan fingerprint density at radius 2 is 1.90 bits per heavy atom. The van der Waals surface area contributed by atoms with Crippen molar-refractivity contribution in [2.24, 2.45) is 5.92 Å². The number of likely N-dealkylation sites (N-methyl/N-ethyl adjacent to an activating group) is 1. The van der Waals surface area contributed by atoms with Crippen LogP contribution >= 0.6 is 0 Å². The highest BCUT2D eigenvalue weighted by Crippen LogP contribution is 2.37. The maximum Gasteiger partial charge on any atom is 0.391 e. The van der Waals surface area contributed by atoms with Crippen LogP contribution in [0.25, 0.3) is 0 Å². The van der Waals surface area contributed by atoms with Crippen LogP contribution in [0.4, 0.5) is 36.1 Å². The van der Waals surface area contributed by atoms with Gasteiger partial charge in [-0.1, -0.05) is 0 Å². The second kappa shape index (κ2) is 7.70. The van der Waals surface area contributed by atoms with Gasteiger partial charge in [0, 0.05) is 31.9 Å². The van der Waals surface area contributed by atoms with Gasteiger partial charge in [0.1, 0.15) is 11.6 Å².